The van der Waals surface area contributed by atoms with Crippen LogP contribution in [0.5, 0.6) is 0 Å². The minimum atomic E-state index is 0.480. The van der Waals surface area contributed by atoms with Gasteiger partial charge in [-0.3, -0.25) is 0 Å². The van der Waals surface area contributed by atoms with Gasteiger partial charge in [0.1, 0.15) is 0 Å². The summed E-state index contributed by atoms with van der Waals surface area (Å²) in [5.74, 6) is 0.802. The molecule has 0 aliphatic rings. The van der Waals surface area contributed by atoms with Crippen molar-refractivity contribution in [3.8, 4) is 0 Å². The first-order chi connectivity index (χ1) is 8.21. The second-order valence-corrected chi connectivity index (χ2v) is 5.52. The van der Waals surface area contributed by atoms with Gasteiger partial charge in [0, 0.05) is 10.5 Å². The third-order valence-electron chi connectivity index (χ3n) is 3.47. The van der Waals surface area contributed by atoms with Crippen LogP contribution in [0.25, 0.3) is 0 Å². The topological polar surface area (TPSA) is 12.0 Å². The fraction of sp³-hybridized carbons (Fsp3) is 0.600. The third kappa shape index (κ3) is 4.81. The molecule has 0 aliphatic carbocycles. The van der Waals surface area contributed by atoms with E-state index in [-0.39, 0.29) is 0 Å². The summed E-state index contributed by atoms with van der Waals surface area (Å²) in [6, 6.07) is 9.10. The maximum atomic E-state index is 3.69. The third-order valence-corrected chi connectivity index (χ3v) is 3.96. The summed E-state index contributed by atoms with van der Waals surface area (Å²) < 4.78 is 1.16. The highest BCUT2D eigenvalue weighted by molar-refractivity contribution is 9.10. The summed E-state index contributed by atoms with van der Waals surface area (Å²) in [6.07, 6.45) is 3.66. The van der Waals surface area contributed by atoms with Crippen molar-refractivity contribution in [1.29, 1.82) is 0 Å². The Labute approximate surface area is 114 Å². The Balaban J connectivity index is 2.59. The molecule has 1 N–H and O–H groups in total. The Morgan fingerprint density at radius 2 is 1.82 bits per heavy atom. The van der Waals surface area contributed by atoms with E-state index in [2.05, 4.69) is 66.3 Å². The molecule has 1 unspecified atom stereocenters. The van der Waals surface area contributed by atoms with Crippen molar-refractivity contribution >= 4 is 15.9 Å². The molecule has 1 atom stereocenters. The van der Waals surface area contributed by atoms with Crippen LogP contribution in [-0.2, 0) is 0 Å². The average Bonchev–Trinajstić information content (AvgIpc) is 2.35. The smallest absolute Gasteiger partial charge is 0.0318 e. The van der Waals surface area contributed by atoms with E-state index in [0.29, 0.717) is 6.04 Å². The summed E-state index contributed by atoms with van der Waals surface area (Å²) in [5, 5.41) is 3.69. The molecule has 2 heteroatoms. The number of benzene rings is 1. The first kappa shape index (κ1) is 14.7. The zero-order valence-electron chi connectivity index (χ0n) is 11.2. The highest BCUT2D eigenvalue weighted by Crippen LogP contribution is 2.21. The molecular weight excluding hydrogens is 274 g/mol. The Bertz CT molecular complexity index is 320. The van der Waals surface area contributed by atoms with Crippen molar-refractivity contribution < 1.29 is 0 Å². The molecule has 96 valence electrons. The lowest BCUT2D eigenvalue weighted by Gasteiger charge is -2.21. The molecule has 0 fully saturated rings. The number of hydrogen-bond acceptors (Lipinski definition) is 1. The lowest BCUT2D eigenvalue weighted by atomic mass is 10.0. The normalized spacial score (nSPS) is 13.0. The Kier molecular flexibility index (Phi) is 6.83. The van der Waals surface area contributed by atoms with E-state index < -0.39 is 0 Å². The number of halogens is 1. The molecule has 17 heavy (non-hydrogen) atoms. The Hall–Kier alpha value is -0.340. The van der Waals surface area contributed by atoms with Crippen molar-refractivity contribution in [2.45, 2.75) is 46.1 Å². The lowest BCUT2D eigenvalue weighted by molar-refractivity contribution is 0.406. The van der Waals surface area contributed by atoms with Crippen LogP contribution in [0.2, 0.25) is 0 Å². The molecule has 1 nitrogen and oxygen atoms in total. The minimum absolute atomic E-state index is 0.480. The molecule has 0 bridgehead atoms. The van der Waals surface area contributed by atoms with Gasteiger partial charge in [-0.15, -0.1) is 0 Å². The molecule has 0 aromatic heterocycles. The molecule has 0 saturated carbocycles. The van der Waals surface area contributed by atoms with Gasteiger partial charge >= 0.3 is 0 Å². The van der Waals surface area contributed by atoms with Gasteiger partial charge in [0.2, 0.25) is 0 Å². The summed E-state index contributed by atoms with van der Waals surface area (Å²) in [5.41, 5.74) is 1.38. The minimum Gasteiger partial charge on any atom is -0.310 e. The average molecular weight is 298 g/mol. The monoisotopic (exact) mass is 297 g/mol. The van der Waals surface area contributed by atoms with Gasteiger partial charge < -0.3 is 5.32 Å². The molecular formula is C15H24BrN. The fourth-order valence-electron chi connectivity index (χ4n) is 2.11. The van der Waals surface area contributed by atoms with E-state index in [0.717, 1.165) is 23.4 Å². The molecule has 1 aromatic carbocycles. The summed E-state index contributed by atoms with van der Waals surface area (Å²) in [6.45, 7) is 7.91. The SMILES string of the molecule is CCC(CC)CNC(CC)c1cccc(Br)c1. The molecule has 0 heterocycles. The fourth-order valence-corrected chi connectivity index (χ4v) is 2.52. The summed E-state index contributed by atoms with van der Waals surface area (Å²) in [7, 11) is 0. The van der Waals surface area contributed by atoms with E-state index in [1.54, 1.807) is 0 Å². The zero-order valence-corrected chi connectivity index (χ0v) is 12.8. The van der Waals surface area contributed by atoms with E-state index in [1.165, 1.54) is 18.4 Å². The van der Waals surface area contributed by atoms with E-state index in [4.69, 9.17) is 0 Å². The number of hydrogen-bond donors (Lipinski definition) is 1. The second-order valence-electron chi connectivity index (χ2n) is 4.61. The van der Waals surface area contributed by atoms with Crippen LogP contribution in [0.1, 0.15) is 51.6 Å². The van der Waals surface area contributed by atoms with Crippen LogP contribution in [0.15, 0.2) is 28.7 Å². The largest absolute Gasteiger partial charge is 0.310 e. The standard InChI is InChI=1S/C15H24BrN/c1-4-12(5-2)11-17-15(6-3)13-8-7-9-14(16)10-13/h7-10,12,15,17H,4-6,11H2,1-3H3. The highest BCUT2D eigenvalue weighted by Gasteiger charge is 2.11. The van der Waals surface area contributed by atoms with Crippen LogP contribution in [-0.4, -0.2) is 6.54 Å². The van der Waals surface area contributed by atoms with Crippen LogP contribution < -0.4 is 5.32 Å². The zero-order chi connectivity index (χ0) is 12.7. The predicted octanol–water partition coefficient (Wildman–Crippen LogP) is 4.93. The van der Waals surface area contributed by atoms with Gasteiger partial charge in [-0.1, -0.05) is 61.7 Å². The number of nitrogens with one attached hydrogen (secondary N) is 1. The molecule has 0 spiro atoms. The van der Waals surface area contributed by atoms with Gasteiger partial charge in [-0.2, -0.15) is 0 Å². The van der Waals surface area contributed by atoms with Crippen molar-refractivity contribution in [2.75, 3.05) is 6.54 Å². The maximum absolute atomic E-state index is 3.69. The van der Waals surface area contributed by atoms with Gasteiger partial charge in [0.25, 0.3) is 0 Å². The van der Waals surface area contributed by atoms with Crippen molar-refractivity contribution in [3.63, 3.8) is 0 Å². The molecule has 0 aliphatic heterocycles. The van der Waals surface area contributed by atoms with Crippen LogP contribution in [0, 0.1) is 5.92 Å². The van der Waals surface area contributed by atoms with Crippen molar-refractivity contribution in [1.82, 2.24) is 5.32 Å². The van der Waals surface area contributed by atoms with Gasteiger partial charge in [0.15, 0.2) is 0 Å². The van der Waals surface area contributed by atoms with Crippen LogP contribution >= 0.6 is 15.9 Å². The first-order valence-corrected chi connectivity index (χ1v) is 7.49. The number of rotatable bonds is 7. The quantitative estimate of drug-likeness (QED) is 0.753. The lowest BCUT2D eigenvalue weighted by Crippen LogP contribution is -2.26. The summed E-state index contributed by atoms with van der Waals surface area (Å²) in [4.78, 5) is 0. The van der Waals surface area contributed by atoms with Crippen LogP contribution in [0.3, 0.4) is 0 Å². The van der Waals surface area contributed by atoms with Gasteiger partial charge in [-0.05, 0) is 36.6 Å². The van der Waals surface area contributed by atoms with E-state index >= 15 is 0 Å². The molecule has 0 amide bonds. The first-order valence-electron chi connectivity index (χ1n) is 6.70. The van der Waals surface area contributed by atoms with Gasteiger partial charge in [-0.25, -0.2) is 0 Å². The van der Waals surface area contributed by atoms with E-state index in [1.807, 2.05) is 0 Å². The van der Waals surface area contributed by atoms with Crippen molar-refractivity contribution in [2.24, 2.45) is 5.92 Å². The Morgan fingerprint density at radius 3 is 2.35 bits per heavy atom. The maximum Gasteiger partial charge on any atom is 0.0318 e. The predicted molar refractivity (Wildman–Crippen MR) is 79.2 cm³/mol. The highest BCUT2D eigenvalue weighted by atomic mass is 79.9. The molecule has 1 aromatic rings. The van der Waals surface area contributed by atoms with Gasteiger partial charge in [0.05, 0.1) is 0 Å². The van der Waals surface area contributed by atoms with Crippen molar-refractivity contribution in [3.05, 3.63) is 34.3 Å². The second kappa shape index (κ2) is 7.88. The molecule has 1 rings (SSSR count). The molecule has 0 saturated heterocycles. The summed E-state index contributed by atoms with van der Waals surface area (Å²) >= 11 is 3.54. The van der Waals surface area contributed by atoms with Crippen LogP contribution in [0.4, 0.5) is 0 Å². The molecule has 0 radical (unpaired) electrons. The Morgan fingerprint density at radius 1 is 1.12 bits per heavy atom. The van der Waals surface area contributed by atoms with E-state index in [9.17, 15) is 0 Å².